The lowest BCUT2D eigenvalue weighted by molar-refractivity contribution is 0.524. The number of halogens is 1. The van der Waals surface area contributed by atoms with Gasteiger partial charge >= 0.3 is 0 Å². The molecule has 0 aliphatic rings. The van der Waals surface area contributed by atoms with Gasteiger partial charge in [0.2, 0.25) is 0 Å². The Hall–Kier alpha value is -1.75. The summed E-state index contributed by atoms with van der Waals surface area (Å²) >= 11 is 0. The van der Waals surface area contributed by atoms with Crippen LogP contribution in [0.1, 0.15) is 18.3 Å². The van der Waals surface area contributed by atoms with Crippen molar-refractivity contribution in [1.82, 2.24) is 20.1 Å². The van der Waals surface area contributed by atoms with E-state index in [1.165, 1.54) is 12.1 Å². The van der Waals surface area contributed by atoms with Crippen molar-refractivity contribution < 1.29 is 4.39 Å². The molecule has 1 heterocycles. The molecule has 0 saturated heterocycles. The zero-order valence-corrected chi connectivity index (χ0v) is 10.6. The third kappa shape index (κ3) is 3.37. The van der Waals surface area contributed by atoms with Crippen molar-refractivity contribution in [3.8, 4) is 0 Å². The molecule has 2 aromatic rings. The number of nitrogens with one attached hydrogen (secondary N) is 1. The number of hydrogen-bond donors (Lipinski definition) is 1. The van der Waals surface area contributed by atoms with E-state index in [2.05, 4.69) is 22.4 Å². The van der Waals surface area contributed by atoms with Crippen molar-refractivity contribution in [3.63, 3.8) is 0 Å². The molecule has 1 unspecified atom stereocenters. The largest absolute Gasteiger partial charge is 0.320 e. The lowest BCUT2D eigenvalue weighted by Gasteiger charge is -2.13. The predicted octanol–water partition coefficient (Wildman–Crippen LogP) is 1.68. The highest BCUT2D eigenvalue weighted by Crippen LogP contribution is 2.06. The van der Waals surface area contributed by atoms with Gasteiger partial charge in [-0.3, -0.25) is 0 Å². The van der Waals surface area contributed by atoms with Gasteiger partial charge in [0.15, 0.2) is 0 Å². The Balaban J connectivity index is 1.83. The van der Waals surface area contributed by atoms with E-state index in [9.17, 15) is 4.39 Å². The molecule has 2 rings (SSSR count). The van der Waals surface area contributed by atoms with Gasteiger partial charge in [0.05, 0.1) is 6.54 Å². The van der Waals surface area contributed by atoms with Gasteiger partial charge < -0.3 is 9.88 Å². The van der Waals surface area contributed by atoms with Gasteiger partial charge in [-0.25, -0.2) is 4.39 Å². The molecular formula is C13H17FN4. The molecule has 1 aromatic carbocycles. The first-order chi connectivity index (χ1) is 8.65. The second-order valence-electron chi connectivity index (χ2n) is 4.47. The van der Waals surface area contributed by atoms with Crippen LogP contribution in [-0.4, -0.2) is 20.8 Å². The van der Waals surface area contributed by atoms with Gasteiger partial charge in [-0.1, -0.05) is 12.1 Å². The highest BCUT2D eigenvalue weighted by Gasteiger charge is 2.06. The van der Waals surface area contributed by atoms with Crippen LogP contribution in [0.15, 0.2) is 30.6 Å². The van der Waals surface area contributed by atoms with Crippen LogP contribution in [0.5, 0.6) is 0 Å². The lowest BCUT2D eigenvalue weighted by Crippen LogP contribution is -2.28. The Labute approximate surface area is 106 Å². The molecule has 0 spiro atoms. The summed E-state index contributed by atoms with van der Waals surface area (Å²) in [5.41, 5.74) is 1.12. The van der Waals surface area contributed by atoms with Crippen LogP contribution in [0.2, 0.25) is 0 Å². The number of rotatable bonds is 5. The maximum atomic E-state index is 12.8. The van der Waals surface area contributed by atoms with E-state index >= 15 is 0 Å². The van der Waals surface area contributed by atoms with Crippen molar-refractivity contribution >= 4 is 0 Å². The molecule has 0 bridgehead atoms. The normalized spacial score (nSPS) is 12.6. The van der Waals surface area contributed by atoms with Gasteiger partial charge in [-0.2, -0.15) is 0 Å². The molecule has 0 aliphatic carbocycles. The smallest absolute Gasteiger partial charge is 0.146 e. The van der Waals surface area contributed by atoms with Crippen LogP contribution in [0, 0.1) is 5.82 Å². The van der Waals surface area contributed by atoms with E-state index in [4.69, 9.17) is 0 Å². The Morgan fingerprint density at radius 3 is 2.67 bits per heavy atom. The molecule has 1 aromatic heterocycles. The van der Waals surface area contributed by atoms with Crippen LogP contribution in [0.25, 0.3) is 0 Å². The third-order valence-corrected chi connectivity index (χ3v) is 2.87. The van der Waals surface area contributed by atoms with Crippen molar-refractivity contribution in [1.29, 1.82) is 0 Å². The Bertz CT molecular complexity index is 492. The lowest BCUT2D eigenvalue weighted by atomic mass is 10.1. The third-order valence-electron chi connectivity index (χ3n) is 2.87. The van der Waals surface area contributed by atoms with E-state index < -0.39 is 0 Å². The number of hydrogen-bond acceptors (Lipinski definition) is 3. The van der Waals surface area contributed by atoms with Crippen molar-refractivity contribution in [3.05, 3.63) is 47.8 Å². The van der Waals surface area contributed by atoms with E-state index in [0.717, 1.165) is 17.8 Å². The molecule has 18 heavy (non-hydrogen) atoms. The second kappa shape index (κ2) is 5.73. The zero-order chi connectivity index (χ0) is 13.0. The molecule has 96 valence electrons. The highest BCUT2D eigenvalue weighted by atomic mass is 19.1. The van der Waals surface area contributed by atoms with Gasteiger partial charge in [0, 0.05) is 13.1 Å². The molecule has 1 N–H and O–H groups in total. The van der Waals surface area contributed by atoms with Crippen LogP contribution >= 0.6 is 0 Å². The van der Waals surface area contributed by atoms with Crippen molar-refractivity contribution in [2.24, 2.45) is 7.05 Å². The number of benzene rings is 1. The quantitative estimate of drug-likeness (QED) is 0.875. The highest BCUT2D eigenvalue weighted by molar-refractivity contribution is 5.17. The van der Waals surface area contributed by atoms with Gasteiger partial charge in [0.1, 0.15) is 18.0 Å². The number of nitrogens with zero attached hydrogens (tertiary/aromatic N) is 3. The fourth-order valence-corrected chi connectivity index (χ4v) is 1.78. The minimum Gasteiger partial charge on any atom is -0.320 e. The van der Waals surface area contributed by atoms with Crippen LogP contribution in [0.4, 0.5) is 4.39 Å². The van der Waals surface area contributed by atoms with Crippen molar-refractivity contribution in [2.45, 2.75) is 25.9 Å². The van der Waals surface area contributed by atoms with Gasteiger partial charge in [0.25, 0.3) is 0 Å². The summed E-state index contributed by atoms with van der Waals surface area (Å²) in [5, 5.41) is 11.2. The first kappa shape index (κ1) is 12.7. The van der Waals surface area contributed by atoms with Gasteiger partial charge in [-0.05, 0) is 31.0 Å². The Kier molecular flexibility index (Phi) is 4.04. The predicted molar refractivity (Wildman–Crippen MR) is 67.4 cm³/mol. The number of aryl methyl sites for hydroxylation is 1. The summed E-state index contributed by atoms with van der Waals surface area (Å²) in [6, 6.07) is 6.91. The molecule has 0 radical (unpaired) electrons. The Morgan fingerprint density at radius 1 is 1.33 bits per heavy atom. The fourth-order valence-electron chi connectivity index (χ4n) is 1.78. The first-order valence-corrected chi connectivity index (χ1v) is 5.96. The summed E-state index contributed by atoms with van der Waals surface area (Å²) in [5.74, 6) is 0.708. The average molecular weight is 248 g/mol. The molecule has 4 nitrogen and oxygen atoms in total. The molecule has 0 saturated carbocycles. The molecule has 0 amide bonds. The molecule has 5 heteroatoms. The standard InChI is InChI=1S/C13H17FN4/c1-10(7-11-3-5-12(14)6-4-11)15-8-13-17-16-9-18(13)2/h3-6,9-10,15H,7-8H2,1-2H3. The van der Waals surface area contributed by atoms with Crippen molar-refractivity contribution in [2.75, 3.05) is 0 Å². The minimum absolute atomic E-state index is 0.196. The average Bonchev–Trinajstić information content (AvgIpc) is 2.75. The molecular weight excluding hydrogens is 231 g/mol. The second-order valence-corrected chi connectivity index (χ2v) is 4.47. The fraction of sp³-hybridized carbons (Fsp3) is 0.385. The molecule has 1 atom stereocenters. The zero-order valence-electron chi connectivity index (χ0n) is 10.6. The summed E-state index contributed by atoms with van der Waals surface area (Å²) in [7, 11) is 1.92. The molecule has 0 fully saturated rings. The van der Waals surface area contributed by atoms with Crippen LogP contribution < -0.4 is 5.32 Å². The first-order valence-electron chi connectivity index (χ1n) is 5.96. The number of aromatic nitrogens is 3. The summed E-state index contributed by atoms with van der Waals surface area (Å²) in [6.07, 6.45) is 2.54. The van der Waals surface area contributed by atoms with Crippen LogP contribution in [-0.2, 0) is 20.0 Å². The topological polar surface area (TPSA) is 42.7 Å². The Morgan fingerprint density at radius 2 is 2.06 bits per heavy atom. The summed E-state index contributed by atoms with van der Waals surface area (Å²) in [6.45, 7) is 2.78. The monoisotopic (exact) mass is 248 g/mol. The summed E-state index contributed by atoms with van der Waals surface area (Å²) in [4.78, 5) is 0. The maximum Gasteiger partial charge on any atom is 0.146 e. The minimum atomic E-state index is -0.196. The van der Waals surface area contributed by atoms with E-state index in [1.54, 1.807) is 6.33 Å². The van der Waals surface area contributed by atoms with Crippen LogP contribution in [0.3, 0.4) is 0 Å². The van der Waals surface area contributed by atoms with E-state index in [-0.39, 0.29) is 5.82 Å². The van der Waals surface area contributed by atoms with E-state index in [1.807, 2.05) is 23.7 Å². The SMILES string of the molecule is CC(Cc1ccc(F)cc1)NCc1nncn1C. The maximum absolute atomic E-state index is 12.8. The molecule has 0 aliphatic heterocycles. The summed E-state index contributed by atoms with van der Waals surface area (Å²) < 4.78 is 14.7. The van der Waals surface area contributed by atoms with Gasteiger partial charge in [-0.15, -0.1) is 10.2 Å². The van der Waals surface area contributed by atoms with E-state index in [0.29, 0.717) is 12.6 Å².